The minimum Gasteiger partial charge on any atom is -0.309 e. The molecule has 3 nitrogen and oxygen atoms in total. The summed E-state index contributed by atoms with van der Waals surface area (Å²) in [6, 6.07) is 11.1. The number of aromatic nitrogens is 2. The quantitative estimate of drug-likeness (QED) is 0.894. The molecule has 0 spiro atoms. The third-order valence-corrected chi connectivity index (χ3v) is 3.69. The maximum atomic E-state index is 4.43. The molecule has 3 heteroatoms. The standard InChI is InChI=1S/C15H19N3/c1-18-15(14-8-5-9-16-14)13(11-17-18)10-12-6-3-2-4-7-12/h2-4,6-7,11,14,16H,5,8-10H2,1H3. The minimum atomic E-state index is 0.483. The second-order valence-electron chi connectivity index (χ2n) is 4.99. The molecule has 0 aliphatic carbocycles. The molecular formula is C15H19N3. The third-order valence-electron chi connectivity index (χ3n) is 3.69. The Bertz CT molecular complexity index is 510. The van der Waals surface area contributed by atoms with E-state index in [1.807, 2.05) is 17.9 Å². The lowest BCUT2D eigenvalue weighted by molar-refractivity contribution is 0.570. The monoisotopic (exact) mass is 241 g/mol. The largest absolute Gasteiger partial charge is 0.309 e. The second-order valence-corrected chi connectivity index (χ2v) is 4.99. The van der Waals surface area contributed by atoms with E-state index >= 15 is 0 Å². The first-order valence-corrected chi connectivity index (χ1v) is 6.62. The Labute approximate surface area is 108 Å². The van der Waals surface area contributed by atoms with E-state index in [4.69, 9.17) is 0 Å². The molecule has 18 heavy (non-hydrogen) atoms. The lowest BCUT2D eigenvalue weighted by atomic mass is 10.0. The summed E-state index contributed by atoms with van der Waals surface area (Å²) in [7, 11) is 2.05. The molecule has 94 valence electrons. The van der Waals surface area contributed by atoms with Crippen molar-refractivity contribution in [2.24, 2.45) is 7.05 Å². The first-order valence-electron chi connectivity index (χ1n) is 6.62. The highest BCUT2D eigenvalue weighted by molar-refractivity contribution is 5.29. The highest BCUT2D eigenvalue weighted by Gasteiger charge is 2.22. The molecule has 1 unspecified atom stereocenters. The average molecular weight is 241 g/mol. The van der Waals surface area contributed by atoms with Gasteiger partial charge in [0.25, 0.3) is 0 Å². The normalized spacial score (nSPS) is 19.3. The molecule has 1 N–H and O–H groups in total. The van der Waals surface area contributed by atoms with Crippen LogP contribution >= 0.6 is 0 Å². The van der Waals surface area contributed by atoms with Gasteiger partial charge in [0.1, 0.15) is 0 Å². The molecule has 3 rings (SSSR count). The fourth-order valence-corrected chi connectivity index (χ4v) is 2.81. The van der Waals surface area contributed by atoms with Crippen molar-refractivity contribution in [1.82, 2.24) is 15.1 Å². The van der Waals surface area contributed by atoms with Crippen LogP contribution < -0.4 is 5.32 Å². The Morgan fingerprint density at radius 3 is 2.89 bits per heavy atom. The Morgan fingerprint density at radius 2 is 2.17 bits per heavy atom. The van der Waals surface area contributed by atoms with E-state index in [-0.39, 0.29) is 0 Å². The smallest absolute Gasteiger partial charge is 0.0585 e. The predicted molar refractivity (Wildman–Crippen MR) is 72.4 cm³/mol. The molecule has 1 saturated heterocycles. The van der Waals surface area contributed by atoms with Gasteiger partial charge in [-0.2, -0.15) is 5.10 Å². The third kappa shape index (κ3) is 2.18. The van der Waals surface area contributed by atoms with Gasteiger partial charge < -0.3 is 5.32 Å². The van der Waals surface area contributed by atoms with Gasteiger partial charge in [-0.1, -0.05) is 30.3 Å². The fourth-order valence-electron chi connectivity index (χ4n) is 2.81. The molecule has 2 aromatic rings. The number of nitrogens with zero attached hydrogens (tertiary/aromatic N) is 2. The van der Waals surface area contributed by atoms with E-state index in [0.29, 0.717) is 6.04 Å². The summed E-state index contributed by atoms with van der Waals surface area (Å²) in [4.78, 5) is 0. The lowest BCUT2D eigenvalue weighted by Crippen LogP contribution is -2.17. The molecule has 1 aliphatic rings. The Balaban J connectivity index is 1.88. The number of hydrogen-bond donors (Lipinski definition) is 1. The van der Waals surface area contributed by atoms with Crippen LogP contribution in [0.5, 0.6) is 0 Å². The Kier molecular flexibility index (Phi) is 3.15. The topological polar surface area (TPSA) is 29.9 Å². The summed E-state index contributed by atoms with van der Waals surface area (Å²) in [5.41, 5.74) is 4.06. The second kappa shape index (κ2) is 4.94. The highest BCUT2D eigenvalue weighted by Crippen LogP contribution is 2.26. The van der Waals surface area contributed by atoms with Crippen molar-refractivity contribution < 1.29 is 0 Å². The molecule has 0 amide bonds. The van der Waals surface area contributed by atoms with Crippen LogP contribution in [0.4, 0.5) is 0 Å². The molecule has 1 aliphatic heterocycles. The number of hydrogen-bond acceptors (Lipinski definition) is 2. The molecule has 0 radical (unpaired) electrons. The van der Waals surface area contributed by atoms with E-state index in [1.54, 1.807) is 0 Å². The molecule has 1 aromatic heterocycles. The molecule has 0 bridgehead atoms. The van der Waals surface area contributed by atoms with Crippen molar-refractivity contribution in [3.8, 4) is 0 Å². The van der Waals surface area contributed by atoms with Gasteiger partial charge in [0.05, 0.1) is 11.9 Å². The first-order chi connectivity index (χ1) is 8.84. The minimum absolute atomic E-state index is 0.483. The van der Waals surface area contributed by atoms with Gasteiger partial charge in [0, 0.05) is 19.5 Å². The maximum absolute atomic E-state index is 4.43. The van der Waals surface area contributed by atoms with E-state index < -0.39 is 0 Å². The summed E-state index contributed by atoms with van der Waals surface area (Å²) in [6.07, 6.45) is 5.48. The van der Waals surface area contributed by atoms with Crippen molar-refractivity contribution in [3.63, 3.8) is 0 Å². The van der Waals surface area contributed by atoms with Gasteiger partial charge in [-0.05, 0) is 30.5 Å². The van der Waals surface area contributed by atoms with E-state index in [2.05, 4.69) is 40.7 Å². The van der Waals surface area contributed by atoms with E-state index in [0.717, 1.165) is 13.0 Å². The summed E-state index contributed by atoms with van der Waals surface area (Å²) >= 11 is 0. The van der Waals surface area contributed by atoms with Crippen LogP contribution in [0.3, 0.4) is 0 Å². The van der Waals surface area contributed by atoms with Crippen LogP contribution in [0.25, 0.3) is 0 Å². The van der Waals surface area contributed by atoms with E-state index in [1.165, 1.54) is 29.7 Å². The van der Waals surface area contributed by atoms with Crippen molar-refractivity contribution in [2.45, 2.75) is 25.3 Å². The first kappa shape index (κ1) is 11.5. The van der Waals surface area contributed by atoms with Crippen LogP contribution in [0.15, 0.2) is 36.5 Å². The predicted octanol–water partition coefficient (Wildman–Crippen LogP) is 2.44. The van der Waals surface area contributed by atoms with Gasteiger partial charge in [0.2, 0.25) is 0 Å². The number of aryl methyl sites for hydroxylation is 1. The fraction of sp³-hybridized carbons (Fsp3) is 0.400. The SMILES string of the molecule is Cn1ncc(Cc2ccccc2)c1C1CCCN1. The number of nitrogens with one attached hydrogen (secondary N) is 1. The van der Waals surface area contributed by atoms with Gasteiger partial charge >= 0.3 is 0 Å². The van der Waals surface area contributed by atoms with Crippen molar-refractivity contribution in [1.29, 1.82) is 0 Å². The van der Waals surface area contributed by atoms with Crippen molar-refractivity contribution >= 4 is 0 Å². The number of benzene rings is 1. The van der Waals surface area contributed by atoms with Crippen LogP contribution in [-0.2, 0) is 13.5 Å². The van der Waals surface area contributed by atoms with Crippen molar-refractivity contribution in [2.75, 3.05) is 6.54 Å². The molecule has 1 fully saturated rings. The van der Waals surface area contributed by atoms with Gasteiger partial charge in [-0.25, -0.2) is 0 Å². The van der Waals surface area contributed by atoms with Crippen molar-refractivity contribution in [3.05, 3.63) is 53.3 Å². The van der Waals surface area contributed by atoms with Gasteiger partial charge in [-0.15, -0.1) is 0 Å². The van der Waals surface area contributed by atoms with Crippen LogP contribution in [-0.4, -0.2) is 16.3 Å². The highest BCUT2D eigenvalue weighted by atomic mass is 15.3. The van der Waals surface area contributed by atoms with Crippen LogP contribution in [0, 0.1) is 0 Å². The molecule has 1 aromatic carbocycles. The molecular weight excluding hydrogens is 222 g/mol. The van der Waals surface area contributed by atoms with E-state index in [9.17, 15) is 0 Å². The summed E-state index contributed by atoms with van der Waals surface area (Å²) < 4.78 is 2.03. The molecule has 0 saturated carbocycles. The van der Waals surface area contributed by atoms with Gasteiger partial charge in [0.15, 0.2) is 0 Å². The van der Waals surface area contributed by atoms with Gasteiger partial charge in [-0.3, -0.25) is 4.68 Å². The maximum Gasteiger partial charge on any atom is 0.0585 e. The lowest BCUT2D eigenvalue weighted by Gasteiger charge is -2.13. The zero-order chi connectivity index (χ0) is 12.4. The van der Waals surface area contributed by atoms with Crippen LogP contribution in [0.2, 0.25) is 0 Å². The summed E-state index contributed by atoms with van der Waals surface area (Å²) in [5.74, 6) is 0. The zero-order valence-corrected chi connectivity index (χ0v) is 10.8. The Hall–Kier alpha value is -1.61. The average Bonchev–Trinajstić information content (AvgIpc) is 3.01. The van der Waals surface area contributed by atoms with Crippen LogP contribution in [0.1, 0.15) is 35.7 Å². The molecule has 2 heterocycles. The zero-order valence-electron chi connectivity index (χ0n) is 10.8. The Morgan fingerprint density at radius 1 is 1.33 bits per heavy atom. The molecule has 1 atom stereocenters. The summed E-state index contributed by atoms with van der Waals surface area (Å²) in [5, 5.41) is 8.00. The number of rotatable bonds is 3. The summed E-state index contributed by atoms with van der Waals surface area (Å²) in [6.45, 7) is 1.13.